The van der Waals surface area contributed by atoms with E-state index in [9.17, 15) is 0 Å². The minimum absolute atomic E-state index is 0.524. The van der Waals surface area contributed by atoms with E-state index in [2.05, 4.69) is 15.5 Å². The first-order valence-electron chi connectivity index (χ1n) is 5.40. The molecule has 0 bridgehead atoms. The van der Waals surface area contributed by atoms with Crippen LogP contribution in [0.4, 0.5) is 5.69 Å². The van der Waals surface area contributed by atoms with Crippen LogP contribution in [0.2, 0.25) is 0 Å². The summed E-state index contributed by atoms with van der Waals surface area (Å²) >= 11 is 0. The summed E-state index contributed by atoms with van der Waals surface area (Å²) in [6.45, 7) is 2.03. The summed E-state index contributed by atoms with van der Waals surface area (Å²) in [5, 5.41) is 11.9. The minimum atomic E-state index is 0.524. The molecule has 0 radical (unpaired) electrons. The fraction of sp³-hybridized carbons (Fsp3) is 0.364. The topological polar surface area (TPSA) is 69.6 Å². The number of hydrogen-bond donors (Lipinski definition) is 1. The molecule has 16 heavy (non-hydrogen) atoms. The van der Waals surface area contributed by atoms with Gasteiger partial charge in [-0.05, 0) is 47.9 Å². The van der Waals surface area contributed by atoms with E-state index in [1.54, 1.807) is 0 Å². The lowest BCUT2D eigenvalue weighted by Crippen LogP contribution is -2.04. The first-order valence-corrected chi connectivity index (χ1v) is 5.40. The quantitative estimate of drug-likeness (QED) is 0.769. The third-order valence-corrected chi connectivity index (χ3v) is 2.90. The van der Waals surface area contributed by atoms with Crippen molar-refractivity contribution in [2.75, 3.05) is 5.73 Å². The van der Waals surface area contributed by atoms with Crippen LogP contribution in [0.5, 0.6) is 0 Å². The Balaban J connectivity index is 2.13. The maximum absolute atomic E-state index is 5.79. The number of aryl methyl sites for hydroxylation is 1. The summed E-state index contributed by atoms with van der Waals surface area (Å²) in [6, 6.07) is 5.79. The highest BCUT2D eigenvalue weighted by Crippen LogP contribution is 2.39. The van der Waals surface area contributed by atoms with Crippen molar-refractivity contribution in [1.82, 2.24) is 20.2 Å². The number of anilines is 1. The highest BCUT2D eigenvalue weighted by atomic mass is 15.5. The molecular weight excluding hydrogens is 202 g/mol. The summed E-state index contributed by atoms with van der Waals surface area (Å²) < 4.78 is 1.81. The van der Waals surface area contributed by atoms with E-state index in [4.69, 9.17) is 5.73 Å². The Morgan fingerprint density at radius 1 is 1.38 bits per heavy atom. The van der Waals surface area contributed by atoms with Crippen LogP contribution in [-0.4, -0.2) is 20.2 Å². The molecule has 0 aliphatic heterocycles. The lowest BCUT2D eigenvalue weighted by Gasteiger charge is -2.07. The Hall–Kier alpha value is -1.91. The first kappa shape index (κ1) is 9.33. The Labute approximate surface area is 93.3 Å². The fourth-order valence-electron chi connectivity index (χ4n) is 1.82. The predicted molar refractivity (Wildman–Crippen MR) is 60.3 cm³/mol. The zero-order chi connectivity index (χ0) is 11.1. The molecule has 0 saturated heterocycles. The molecule has 5 heteroatoms. The molecule has 1 aliphatic carbocycles. The summed E-state index contributed by atoms with van der Waals surface area (Å²) in [6.07, 6.45) is 2.36. The molecule has 82 valence electrons. The third kappa shape index (κ3) is 1.44. The second kappa shape index (κ2) is 3.30. The first-order chi connectivity index (χ1) is 7.75. The summed E-state index contributed by atoms with van der Waals surface area (Å²) in [4.78, 5) is 0. The van der Waals surface area contributed by atoms with Crippen molar-refractivity contribution in [2.45, 2.75) is 25.7 Å². The molecule has 1 aromatic heterocycles. The Bertz CT molecular complexity index is 527. The van der Waals surface area contributed by atoms with E-state index < -0.39 is 0 Å². The number of tetrazole rings is 1. The van der Waals surface area contributed by atoms with Crippen LogP contribution in [-0.2, 0) is 0 Å². The molecule has 5 nitrogen and oxygen atoms in total. The smallest absolute Gasteiger partial charge is 0.159 e. The van der Waals surface area contributed by atoms with Gasteiger partial charge in [-0.3, -0.25) is 0 Å². The van der Waals surface area contributed by atoms with Gasteiger partial charge in [0.2, 0.25) is 0 Å². The van der Waals surface area contributed by atoms with Gasteiger partial charge in [-0.1, -0.05) is 6.07 Å². The van der Waals surface area contributed by atoms with Crippen LogP contribution < -0.4 is 5.73 Å². The van der Waals surface area contributed by atoms with Gasteiger partial charge in [-0.15, -0.1) is 5.10 Å². The zero-order valence-electron chi connectivity index (χ0n) is 9.09. The molecule has 2 aromatic rings. The predicted octanol–water partition coefficient (Wildman–Crippen LogP) is 1.43. The molecule has 0 spiro atoms. The van der Waals surface area contributed by atoms with Gasteiger partial charge in [-0.2, -0.15) is 4.68 Å². The van der Waals surface area contributed by atoms with Gasteiger partial charge in [0.25, 0.3) is 0 Å². The molecule has 1 heterocycles. The molecule has 3 rings (SSSR count). The summed E-state index contributed by atoms with van der Waals surface area (Å²) in [7, 11) is 0. The normalized spacial score (nSPS) is 15.3. The van der Waals surface area contributed by atoms with Gasteiger partial charge in [0.1, 0.15) is 0 Å². The molecular formula is C11H13N5. The van der Waals surface area contributed by atoms with Crippen molar-refractivity contribution in [1.29, 1.82) is 0 Å². The molecule has 0 unspecified atom stereocenters. The van der Waals surface area contributed by atoms with E-state index in [0.717, 1.165) is 22.8 Å². The fourth-order valence-corrected chi connectivity index (χ4v) is 1.82. The van der Waals surface area contributed by atoms with Crippen molar-refractivity contribution >= 4 is 5.69 Å². The van der Waals surface area contributed by atoms with E-state index >= 15 is 0 Å². The van der Waals surface area contributed by atoms with Crippen molar-refractivity contribution in [3.63, 3.8) is 0 Å². The maximum Gasteiger partial charge on any atom is 0.159 e. The molecule has 1 fully saturated rings. The van der Waals surface area contributed by atoms with Crippen molar-refractivity contribution < 1.29 is 0 Å². The van der Waals surface area contributed by atoms with E-state index in [-0.39, 0.29) is 0 Å². The van der Waals surface area contributed by atoms with Crippen molar-refractivity contribution in [3.8, 4) is 5.69 Å². The Kier molecular flexibility index (Phi) is 1.92. The largest absolute Gasteiger partial charge is 0.399 e. The van der Waals surface area contributed by atoms with Gasteiger partial charge >= 0.3 is 0 Å². The Morgan fingerprint density at radius 2 is 2.19 bits per heavy atom. The molecule has 0 atom stereocenters. The number of nitrogens with zero attached hydrogens (tertiary/aromatic N) is 4. The molecule has 1 saturated carbocycles. The van der Waals surface area contributed by atoms with Crippen LogP contribution >= 0.6 is 0 Å². The van der Waals surface area contributed by atoms with Gasteiger partial charge in [0.15, 0.2) is 5.82 Å². The maximum atomic E-state index is 5.79. The second-order valence-corrected chi connectivity index (χ2v) is 4.27. The number of aromatic nitrogens is 4. The van der Waals surface area contributed by atoms with Crippen LogP contribution in [0, 0.1) is 6.92 Å². The van der Waals surface area contributed by atoms with Crippen LogP contribution in [0.1, 0.15) is 30.1 Å². The monoisotopic (exact) mass is 215 g/mol. The van der Waals surface area contributed by atoms with E-state index in [1.165, 1.54) is 12.8 Å². The standard InChI is InChI=1S/C11H13N5/c1-7-2-5-9(12)6-10(7)16-11(8-3-4-8)13-14-15-16/h2,5-6,8H,3-4,12H2,1H3. The lowest BCUT2D eigenvalue weighted by atomic mass is 10.2. The summed E-state index contributed by atoms with van der Waals surface area (Å²) in [5.74, 6) is 1.48. The Morgan fingerprint density at radius 3 is 2.94 bits per heavy atom. The van der Waals surface area contributed by atoms with E-state index in [1.807, 2.05) is 29.8 Å². The average molecular weight is 215 g/mol. The van der Waals surface area contributed by atoms with Crippen LogP contribution in [0.15, 0.2) is 18.2 Å². The SMILES string of the molecule is Cc1ccc(N)cc1-n1nnnc1C1CC1. The van der Waals surface area contributed by atoms with Gasteiger partial charge in [0.05, 0.1) is 5.69 Å². The number of nitrogen functional groups attached to an aromatic ring is 1. The highest BCUT2D eigenvalue weighted by Gasteiger charge is 2.30. The number of rotatable bonds is 2. The van der Waals surface area contributed by atoms with Crippen molar-refractivity contribution in [3.05, 3.63) is 29.6 Å². The molecule has 1 aromatic carbocycles. The third-order valence-electron chi connectivity index (χ3n) is 2.90. The number of nitrogens with two attached hydrogens (primary N) is 1. The van der Waals surface area contributed by atoms with Gasteiger partial charge in [-0.25, -0.2) is 0 Å². The molecule has 0 amide bonds. The van der Waals surface area contributed by atoms with Crippen LogP contribution in [0.3, 0.4) is 0 Å². The van der Waals surface area contributed by atoms with E-state index in [0.29, 0.717) is 5.92 Å². The second-order valence-electron chi connectivity index (χ2n) is 4.27. The summed E-state index contributed by atoms with van der Waals surface area (Å²) in [5.41, 5.74) is 8.63. The van der Waals surface area contributed by atoms with Gasteiger partial charge in [0, 0.05) is 11.6 Å². The molecule has 2 N–H and O–H groups in total. The van der Waals surface area contributed by atoms with Gasteiger partial charge < -0.3 is 5.73 Å². The minimum Gasteiger partial charge on any atom is -0.399 e. The highest BCUT2D eigenvalue weighted by molar-refractivity contribution is 5.52. The van der Waals surface area contributed by atoms with Crippen LogP contribution in [0.25, 0.3) is 5.69 Å². The number of benzene rings is 1. The zero-order valence-corrected chi connectivity index (χ0v) is 9.09. The van der Waals surface area contributed by atoms with Crippen molar-refractivity contribution in [2.24, 2.45) is 0 Å². The molecule has 1 aliphatic rings. The number of hydrogen-bond acceptors (Lipinski definition) is 4. The lowest BCUT2D eigenvalue weighted by molar-refractivity contribution is 0.759. The average Bonchev–Trinajstić information content (AvgIpc) is 3.01.